The first-order valence-corrected chi connectivity index (χ1v) is 8.05. The smallest absolute Gasteiger partial charge is 0.338 e. The van der Waals surface area contributed by atoms with Crippen molar-refractivity contribution in [2.24, 2.45) is 0 Å². The fourth-order valence-corrected chi connectivity index (χ4v) is 2.49. The molecule has 0 saturated carbocycles. The molecule has 0 atom stereocenters. The van der Waals surface area contributed by atoms with Gasteiger partial charge in [-0.2, -0.15) is 0 Å². The highest BCUT2D eigenvalue weighted by Crippen LogP contribution is 2.20. The summed E-state index contributed by atoms with van der Waals surface area (Å²) >= 11 is 0. The number of hydrogen-bond acceptors (Lipinski definition) is 3. The minimum absolute atomic E-state index is 0.109. The van der Waals surface area contributed by atoms with Crippen molar-refractivity contribution in [1.82, 2.24) is 0 Å². The second kappa shape index (κ2) is 7.77. The van der Waals surface area contributed by atoms with E-state index in [2.05, 4.69) is 5.32 Å². The molecule has 0 bridgehead atoms. The molecule has 0 unspecified atom stereocenters. The van der Waals surface area contributed by atoms with Crippen LogP contribution in [0, 0.1) is 20.8 Å². The maximum absolute atomic E-state index is 12.3. The topological polar surface area (TPSA) is 55.4 Å². The molecular formula is C20H23NO3. The highest BCUT2D eigenvalue weighted by molar-refractivity contribution is 5.97. The molecule has 0 aliphatic rings. The zero-order valence-corrected chi connectivity index (χ0v) is 14.6. The Balaban J connectivity index is 2.12. The van der Waals surface area contributed by atoms with Gasteiger partial charge in [-0.3, -0.25) is 4.79 Å². The Bertz CT molecular complexity index is 765. The highest BCUT2D eigenvalue weighted by atomic mass is 16.5. The maximum atomic E-state index is 12.3. The van der Waals surface area contributed by atoms with Gasteiger partial charge < -0.3 is 10.1 Å². The van der Waals surface area contributed by atoms with Gasteiger partial charge in [-0.25, -0.2) is 4.79 Å². The molecule has 24 heavy (non-hydrogen) atoms. The van der Waals surface area contributed by atoms with Crippen molar-refractivity contribution in [1.29, 1.82) is 0 Å². The van der Waals surface area contributed by atoms with Crippen LogP contribution >= 0.6 is 0 Å². The molecule has 0 radical (unpaired) electrons. The van der Waals surface area contributed by atoms with Gasteiger partial charge in [0.05, 0.1) is 18.6 Å². The molecule has 126 valence electrons. The van der Waals surface area contributed by atoms with E-state index in [-0.39, 0.29) is 11.9 Å². The molecule has 0 fully saturated rings. The van der Waals surface area contributed by atoms with Crippen molar-refractivity contribution in [3.8, 4) is 0 Å². The van der Waals surface area contributed by atoms with E-state index in [1.54, 1.807) is 32.0 Å². The second-order valence-electron chi connectivity index (χ2n) is 5.84. The van der Waals surface area contributed by atoms with Gasteiger partial charge in [-0.05, 0) is 62.1 Å². The summed E-state index contributed by atoms with van der Waals surface area (Å²) in [5.41, 5.74) is 5.16. The fraction of sp³-hybridized carbons (Fsp3) is 0.300. The third-order valence-corrected chi connectivity index (χ3v) is 4.04. The van der Waals surface area contributed by atoms with Gasteiger partial charge in [0, 0.05) is 5.69 Å². The van der Waals surface area contributed by atoms with E-state index in [4.69, 9.17) is 4.74 Å². The molecular weight excluding hydrogens is 302 g/mol. The van der Waals surface area contributed by atoms with Gasteiger partial charge in [0.15, 0.2) is 0 Å². The first kappa shape index (κ1) is 17.7. The molecule has 2 aromatic rings. The Kier molecular flexibility index (Phi) is 5.74. The molecule has 0 aliphatic carbocycles. The average molecular weight is 325 g/mol. The van der Waals surface area contributed by atoms with E-state index in [1.807, 2.05) is 32.0 Å². The van der Waals surface area contributed by atoms with Gasteiger partial charge in [-0.1, -0.05) is 24.3 Å². The standard InChI is InChI=1S/C20H23NO3/c1-5-24-20(23)17-7-6-8-18(15(17)4)21-19(22)12-16-10-9-13(2)14(3)11-16/h6-11H,5,12H2,1-4H3,(H,21,22). The highest BCUT2D eigenvalue weighted by Gasteiger charge is 2.14. The minimum Gasteiger partial charge on any atom is -0.462 e. The lowest BCUT2D eigenvalue weighted by molar-refractivity contribution is -0.115. The van der Waals surface area contributed by atoms with Gasteiger partial charge in [0.2, 0.25) is 5.91 Å². The third-order valence-electron chi connectivity index (χ3n) is 4.04. The Hall–Kier alpha value is -2.62. The molecule has 0 aromatic heterocycles. The Morgan fingerprint density at radius 2 is 1.79 bits per heavy atom. The molecule has 1 N–H and O–H groups in total. The zero-order chi connectivity index (χ0) is 17.7. The van der Waals surface area contributed by atoms with Gasteiger partial charge in [0.25, 0.3) is 0 Å². The van der Waals surface area contributed by atoms with Crippen LogP contribution in [0.15, 0.2) is 36.4 Å². The summed E-state index contributed by atoms with van der Waals surface area (Å²) in [4.78, 5) is 24.2. The first-order valence-electron chi connectivity index (χ1n) is 8.05. The van der Waals surface area contributed by atoms with E-state index >= 15 is 0 Å². The number of amides is 1. The van der Waals surface area contributed by atoms with Crippen molar-refractivity contribution in [2.45, 2.75) is 34.1 Å². The van der Waals surface area contributed by atoms with Gasteiger partial charge in [-0.15, -0.1) is 0 Å². The summed E-state index contributed by atoms with van der Waals surface area (Å²) in [6, 6.07) is 11.2. The number of hydrogen-bond donors (Lipinski definition) is 1. The Labute approximate surface area is 142 Å². The number of nitrogens with one attached hydrogen (secondary N) is 1. The minimum atomic E-state index is -0.375. The monoisotopic (exact) mass is 325 g/mol. The normalized spacial score (nSPS) is 10.3. The predicted octanol–water partition coefficient (Wildman–Crippen LogP) is 3.97. The molecule has 4 heteroatoms. The number of anilines is 1. The van der Waals surface area contributed by atoms with Crippen LogP contribution < -0.4 is 5.32 Å². The van der Waals surface area contributed by atoms with Crippen LogP contribution in [0.25, 0.3) is 0 Å². The van der Waals surface area contributed by atoms with Gasteiger partial charge >= 0.3 is 5.97 Å². The Morgan fingerprint density at radius 3 is 2.46 bits per heavy atom. The lowest BCUT2D eigenvalue weighted by Crippen LogP contribution is -2.16. The fourth-order valence-electron chi connectivity index (χ4n) is 2.49. The lowest BCUT2D eigenvalue weighted by atomic mass is 10.0. The molecule has 0 spiro atoms. The van der Waals surface area contributed by atoms with Crippen LogP contribution in [0.5, 0.6) is 0 Å². The van der Waals surface area contributed by atoms with E-state index in [0.29, 0.717) is 29.8 Å². The number of esters is 1. The molecule has 4 nitrogen and oxygen atoms in total. The average Bonchev–Trinajstić information content (AvgIpc) is 2.53. The van der Waals surface area contributed by atoms with Crippen LogP contribution in [-0.4, -0.2) is 18.5 Å². The predicted molar refractivity (Wildman–Crippen MR) is 95.4 cm³/mol. The Morgan fingerprint density at radius 1 is 1.04 bits per heavy atom. The summed E-state index contributed by atoms with van der Waals surface area (Å²) in [6.07, 6.45) is 0.296. The third kappa shape index (κ3) is 4.22. The van der Waals surface area contributed by atoms with Crippen LogP contribution in [0.4, 0.5) is 5.69 Å². The molecule has 0 aliphatic heterocycles. The SMILES string of the molecule is CCOC(=O)c1cccc(NC(=O)Cc2ccc(C)c(C)c2)c1C. The van der Waals surface area contributed by atoms with Crippen molar-refractivity contribution in [3.63, 3.8) is 0 Å². The molecule has 0 heterocycles. The van der Waals surface area contributed by atoms with E-state index in [1.165, 1.54) is 11.1 Å². The molecule has 2 aromatic carbocycles. The van der Waals surface area contributed by atoms with E-state index < -0.39 is 0 Å². The summed E-state index contributed by atoms with van der Waals surface area (Å²) in [6.45, 7) is 7.97. The van der Waals surface area contributed by atoms with Crippen LogP contribution in [0.3, 0.4) is 0 Å². The van der Waals surface area contributed by atoms with Gasteiger partial charge in [0.1, 0.15) is 0 Å². The summed E-state index contributed by atoms with van der Waals surface area (Å²) < 4.78 is 5.04. The summed E-state index contributed by atoms with van der Waals surface area (Å²) in [7, 11) is 0. The zero-order valence-electron chi connectivity index (χ0n) is 14.6. The maximum Gasteiger partial charge on any atom is 0.338 e. The first-order chi connectivity index (χ1) is 11.4. The number of ether oxygens (including phenoxy) is 1. The number of carbonyl (C=O) groups excluding carboxylic acids is 2. The number of benzene rings is 2. The number of carbonyl (C=O) groups is 2. The number of aryl methyl sites for hydroxylation is 2. The van der Waals surface area contributed by atoms with Crippen LogP contribution in [-0.2, 0) is 16.0 Å². The molecule has 0 saturated heterocycles. The van der Waals surface area contributed by atoms with Crippen molar-refractivity contribution in [3.05, 3.63) is 64.2 Å². The lowest BCUT2D eigenvalue weighted by Gasteiger charge is -2.12. The second-order valence-corrected chi connectivity index (χ2v) is 5.84. The number of rotatable bonds is 5. The summed E-state index contributed by atoms with van der Waals surface area (Å²) in [5, 5.41) is 2.88. The van der Waals surface area contributed by atoms with Crippen molar-refractivity contribution in [2.75, 3.05) is 11.9 Å². The quantitative estimate of drug-likeness (QED) is 0.846. The van der Waals surface area contributed by atoms with Crippen molar-refractivity contribution < 1.29 is 14.3 Å². The van der Waals surface area contributed by atoms with Crippen LogP contribution in [0.1, 0.15) is 39.5 Å². The largest absolute Gasteiger partial charge is 0.462 e. The molecule has 2 rings (SSSR count). The van der Waals surface area contributed by atoms with E-state index in [9.17, 15) is 9.59 Å². The van der Waals surface area contributed by atoms with E-state index in [0.717, 1.165) is 5.56 Å². The van der Waals surface area contributed by atoms with Crippen molar-refractivity contribution >= 4 is 17.6 Å². The molecule has 1 amide bonds. The summed E-state index contributed by atoms with van der Waals surface area (Å²) in [5.74, 6) is -0.484. The van der Waals surface area contributed by atoms with Crippen LogP contribution in [0.2, 0.25) is 0 Å².